The maximum absolute atomic E-state index is 13.3. The van der Waals surface area contributed by atoms with Gasteiger partial charge in [0.1, 0.15) is 0 Å². The Bertz CT molecular complexity index is 736. The Hall–Kier alpha value is -2.33. The highest BCUT2D eigenvalue weighted by Crippen LogP contribution is 2.40. The quantitative estimate of drug-likeness (QED) is 0.658. The first-order valence-electron chi connectivity index (χ1n) is 6.93. The van der Waals surface area contributed by atoms with Gasteiger partial charge in [0.15, 0.2) is 6.04 Å². The van der Waals surface area contributed by atoms with Crippen LogP contribution in [0, 0.1) is 0 Å². The fourth-order valence-corrected chi connectivity index (χ4v) is 2.30. The summed E-state index contributed by atoms with van der Waals surface area (Å²) in [6.45, 7) is 0. The van der Waals surface area contributed by atoms with Crippen molar-refractivity contribution in [2.45, 2.75) is 24.6 Å². The average molecular weight is 390 g/mol. The van der Waals surface area contributed by atoms with Crippen molar-refractivity contribution < 1.29 is 39.5 Å². The average Bonchev–Trinajstić information content (AvgIpc) is 2.87. The number of hydrogen-bond acceptors (Lipinski definition) is 1. The highest BCUT2D eigenvalue weighted by molar-refractivity contribution is 5.52. The molecule has 0 saturated carbocycles. The first-order valence-corrected chi connectivity index (χ1v) is 6.93. The summed E-state index contributed by atoms with van der Waals surface area (Å²) in [4.78, 5) is 0. The molecule has 1 aromatic heterocycles. The Balaban J connectivity index is 2.54. The molecule has 0 fully saturated rings. The largest absolute Gasteiger partial charge is 0.416 e. The van der Waals surface area contributed by atoms with E-state index in [9.17, 15) is 39.5 Å². The Morgan fingerprint density at radius 1 is 0.846 bits per heavy atom. The number of anilines is 1. The Morgan fingerprint density at radius 2 is 1.35 bits per heavy atom. The van der Waals surface area contributed by atoms with E-state index in [1.165, 1.54) is 19.3 Å². The van der Waals surface area contributed by atoms with Crippen molar-refractivity contribution in [3.05, 3.63) is 53.3 Å². The first-order chi connectivity index (χ1) is 11.7. The normalized spacial score (nSPS) is 14.4. The van der Waals surface area contributed by atoms with E-state index in [4.69, 9.17) is 0 Å². The molecule has 2 aromatic rings. The molecule has 2 nitrogen and oxygen atoms in total. The molecule has 0 aliphatic rings. The third kappa shape index (κ3) is 4.44. The number of benzene rings is 1. The lowest BCUT2D eigenvalue weighted by molar-refractivity contribution is -0.145. The smallest absolute Gasteiger partial charge is 0.369 e. The van der Waals surface area contributed by atoms with Crippen molar-refractivity contribution in [1.29, 1.82) is 0 Å². The first kappa shape index (κ1) is 20.0. The van der Waals surface area contributed by atoms with E-state index in [0.29, 0.717) is 0 Å². The molecule has 1 aromatic carbocycles. The molecule has 0 saturated heterocycles. The predicted octanol–water partition coefficient (Wildman–Crippen LogP) is 5.78. The third-order valence-corrected chi connectivity index (χ3v) is 3.51. The molecule has 0 amide bonds. The molecule has 0 spiro atoms. The highest BCUT2D eigenvalue weighted by Gasteiger charge is 2.43. The minimum Gasteiger partial charge on any atom is -0.369 e. The summed E-state index contributed by atoms with van der Waals surface area (Å²) < 4.78 is 118. The molecule has 144 valence electrons. The van der Waals surface area contributed by atoms with Gasteiger partial charge in [0.25, 0.3) is 0 Å². The zero-order valence-electron chi connectivity index (χ0n) is 12.9. The van der Waals surface area contributed by atoms with Crippen LogP contribution in [0.25, 0.3) is 0 Å². The van der Waals surface area contributed by atoms with Gasteiger partial charge < -0.3 is 9.88 Å². The van der Waals surface area contributed by atoms with Crippen molar-refractivity contribution >= 4 is 5.69 Å². The van der Waals surface area contributed by atoms with Crippen LogP contribution < -0.4 is 5.32 Å². The summed E-state index contributed by atoms with van der Waals surface area (Å²) in [5.41, 5.74) is -4.73. The van der Waals surface area contributed by atoms with Crippen molar-refractivity contribution in [3.8, 4) is 0 Å². The molecule has 1 N–H and O–H groups in total. The summed E-state index contributed by atoms with van der Waals surface area (Å²) in [7, 11) is 1.27. The van der Waals surface area contributed by atoms with Crippen LogP contribution in [0.5, 0.6) is 0 Å². The van der Waals surface area contributed by atoms with Gasteiger partial charge in [0.05, 0.1) is 11.1 Å². The van der Waals surface area contributed by atoms with Gasteiger partial charge in [-0.1, -0.05) is 0 Å². The fourth-order valence-electron chi connectivity index (χ4n) is 2.30. The van der Waals surface area contributed by atoms with Crippen LogP contribution in [0.15, 0.2) is 36.5 Å². The number of aryl methyl sites for hydroxylation is 1. The van der Waals surface area contributed by atoms with E-state index in [0.717, 1.165) is 10.6 Å². The van der Waals surface area contributed by atoms with Crippen molar-refractivity contribution in [3.63, 3.8) is 0 Å². The topological polar surface area (TPSA) is 17.0 Å². The van der Waals surface area contributed by atoms with E-state index in [1.807, 2.05) is 0 Å². The maximum atomic E-state index is 13.3. The molecule has 0 bridgehead atoms. The predicted molar refractivity (Wildman–Crippen MR) is 74.3 cm³/mol. The zero-order valence-corrected chi connectivity index (χ0v) is 12.9. The van der Waals surface area contributed by atoms with Gasteiger partial charge in [-0.05, 0) is 30.3 Å². The van der Waals surface area contributed by atoms with E-state index >= 15 is 0 Å². The number of hydrogen-bond donors (Lipinski definition) is 1. The molecule has 0 aliphatic carbocycles. The van der Waals surface area contributed by atoms with E-state index in [1.54, 1.807) is 5.32 Å². The van der Waals surface area contributed by atoms with E-state index < -0.39 is 41.4 Å². The Morgan fingerprint density at radius 3 is 1.69 bits per heavy atom. The summed E-state index contributed by atoms with van der Waals surface area (Å²) in [6.07, 6.45) is -14.0. The minimum atomic E-state index is -5.16. The van der Waals surface area contributed by atoms with Gasteiger partial charge in [-0.2, -0.15) is 39.5 Å². The van der Waals surface area contributed by atoms with Crippen LogP contribution in [0.4, 0.5) is 45.2 Å². The molecule has 26 heavy (non-hydrogen) atoms. The summed E-state index contributed by atoms with van der Waals surface area (Å²) in [5.74, 6) is 0. The number of rotatable bonds is 3. The number of alkyl halides is 9. The summed E-state index contributed by atoms with van der Waals surface area (Å²) in [6, 6.07) is 0.0865. The molecule has 1 atom stereocenters. The van der Waals surface area contributed by atoms with Crippen LogP contribution in [0.1, 0.15) is 22.9 Å². The lowest BCUT2D eigenvalue weighted by atomic mass is 10.1. The van der Waals surface area contributed by atoms with Crippen molar-refractivity contribution in [2.75, 3.05) is 5.32 Å². The number of nitrogens with zero attached hydrogens (tertiary/aromatic N) is 1. The van der Waals surface area contributed by atoms with Gasteiger partial charge in [0.2, 0.25) is 0 Å². The molecular formula is C15H11F9N2. The number of aromatic nitrogens is 1. The van der Waals surface area contributed by atoms with E-state index in [-0.39, 0.29) is 23.9 Å². The second kappa shape index (κ2) is 6.44. The third-order valence-electron chi connectivity index (χ3n) is 3.51. The second-order valence-electron chi connectivity index (χ2n) is 5.46. The zero-order chi connectivity index (χ0) is 19.9. The monoisotopic (exact) mass is 390 g/mol. The Labute approximate surface area is 141 Å². The van der Waals surface area contributed by atoms with Gasteiger partial charge in [0, 0.05) is 24.6 Å². The number of halogens is 9. The van der Waals surface area contributed by atoms with Gasteiger partial charge in [-0.3, -0.25) is 0 Å². The van der Waals surface area contributed by atoms with Crippen LogP contribution in [0.3, 0.4) is 0 Å². The molecule has 0 aliphatic heterocycles. The fraction of sp³-hybridized carbons (Fsp3) is 0.333. The van der Waals surface area contributed by atoms with Crippen LogP contribution in [-0.4, -0.2) is 10.7 Å². The van der Waals surface area contributed by atoms with Crippen LogP contribution >= 0.6 is 0 Å². The van der Waals surface area contributed by atoms with Gasteiger partial charge >= 0.3 is 18.5 Å². The molecule has 0 radical (unpaired) electrons. The maximum Gasteiger partial charge on any atom is 0.416 e. The van der Waals surface area contributed by atoms with Crippen molar-refractivity contribution in [1.82, 2.24) is 4.57 Å². The Kier molecular flexibility index (Phi) is 4.95. The van der Waals surface area contributed by atoms with E-state index in [2.05, 4.69) is 0 Å². The van der Waals surface area contributed by atoms with Crippen LogP contribution in [0.2, 0.25) is 0 Å². The van der Waals surface area contributed by atoms with Crippen molar-refractivity contribution in [2.24, 2.45) is 7.05 Å². The molecule has 11 heteroatoms. The molecule has 1 heterocycles. The molecule has 2 rings (SSSR count). The standard InChI is InChI=1S/C15H11F9N2/c1-26-4-2-3-11(26)12(15(22,23)24)25-10-6-8(13(16,17)18)5-9(7-10)14(19,20)21/h2-7,12,25H,1H3. The number of nitrogens with one attached hydrogen (secondary N) is 1. The highest BCUT2D eigenvalue weighted by atomic mass is 19.4. The second-order valence-corrected chi connectivity index (χ2v) is 5.46. The lowest BCUT2D eigenvalue weighted by Gasteiger charge is -2.24. The van der Waals surface area contributed by atoms with Crippen LogP contribution in [-0.2, 0) is 19.4 Å². The van der Waals surface area contributed by atoms with Gasteiger partial charge in [-0.15, -0.1) is 0 Å². The van der Waals surface area contributed by atoms with Gasteiger partial charge in [-0.25, -0.2) is 0 Å². The summed E-state index contributed by atoms with van der Waals surface area (Å²) in [5, 5.41) is 1.74. The minimum absolute atomic E-state index is 0.156. The molecule has 1 unspecified atom stereocenters. The lowest BCUT2D eigenvalue weighted by Crippen LogP contribution is -2.29. The molecular weight excluding hydrogens is 379 g/mol. The SMILES string of the molecule is Cn1cccc1C(Nc1cc(C(F)(F)F)cc(C(F)(F)F)c1)C(F)(F)F. The summed E-state index contributed by atoms with van der Waals surface area (Å²) >= 11 is 0.